The largest absolute Gasteiger partial charge is 0.398 e. The molecule has 0 fully saturated rings. The number of anilines is 1. The zero-order chi connectivity index (χ0) is 15.0. The van der Waals surface area contributed by atoms with Gasteiger partial charge in [-0.3, -0.25) is 0 Å². The molecule has 1 heterocycles. The van der Waals surface area contributed by atoms with Crippen molar-refractivity contribution in [1.82, 2.24) is 10.1 Å². The summed E-state index contributed by atoms with van der Waals surface area (Å²) < 4.78 is 18.5. The van der Waals surface area contributed by atoms with Crippen LogP contribution in [0.3, 0.4) is 0 Å². The van der Waals surface area contributed by atoms with Gasteiger partial charge in [-0.25, -0.2) is 4.39 Å². The Balaban J connectivity index is 2.08. The third kappa shape index (κ3) is 2.38. The van der Waals surface area contributed by atoms with Gasteiger partial charge in [0.2, 0.25) is 5.82 Å². The van der Waals surface area contributed by atoms with Gasteiger partial charge in [-0.2, -0.15) is 4.98 Å². The first kappa shape index (κ1) is 13.3. The average molecular weight is 283 g/mol. The Kier molecular flexibility index (Phi) is 3.17. The highest BCUT2D eigenvalue weighted by Gasteiger charge is 2.16. The van der Waals surface area contributed by atoms with Gasteiger partial charge in [0.1, 0.15) is 5.82 Å². The Morgan fingerprint density at radius 2 is 1.90 bits per heavy atom. The molecule has 0 saturated heterocycles. The molecule has 0 aliphatic rings. The van der Waals surface area contributed by atoms with Crippen LogP contribution in [0.2, 0.25) is 0 Å². The van der Waals surface area contributed by atoms with E-state index in [4.69, 9.17) is 10.3 Å². The second-order valence-corrected chi connectivity index (χ2v) is 4.92. The highest BCUT2D eigenvalue weighted by Crippen LogP contribution is 2.30. The van der Waals surface area contributed by atoms with Gasteiger partial charge in [-0.05, 0) is 49.2 Å². The number of benzene rings is 2. The third-order valence-electron chi connectivity index (χ3n) is 3.37. The zero-order valence-electron chi connectivity index (χ0n) is 11.7. The maximum atomic E-state index is 13.2. The van der Waals surface area contributed by atoms with Gasteiger partial charge >= 0.3 is 0 Å². The van der Waals surface area contributed by atoms with Crippen molar-refractivity contribution in [2.75, 3.05) is 5.73 Å². The Morgan fingerprint density at radius 3 is 2.62 bits per heavy atom. The Hall–Kier alpha value is -2.69. The lowest BCUT2D eigenvalue weighted by atomic mass is 10.1. The Bertz CT molecular complexity index is 791. The first-order chi connectivity index (χ1) is 10.1. The predicted molar refractivity (Wildman–Crippen MR) is 79.0 cm³/mol. The molecule has 0 aliphatic heterocycles. The van der Waals surface area contributed by atoms with Gasteiger partial charge in [0.25, 0.3) is 5.89 Å². The summed E-state index contributed by atoms with van der Waals surface area (Å²) in [5.74, 6) is 0.498. The molecule has 21 heavy (non-hydrogen) atoms. The van der Waals surface area contributed by atoms with Crippen LogP contribution in [0.15, 0.2) is 40.9 Å². The van der Waals surface area contributed by atoms with E-state index in [1.165, 1.54) is 12.1 Å². The SMILES string of the molecule is Cc1cc(F)ccc1-c1noc(-c2c(C)cccc2N)n1. The lowest BCUT2D eigenvalue weighted by Gasteiger charge is -2.03. The Morgan fingerprint density at radius 1 is 1.10 bits per heavy atom. The van der Waals surface area contributed by atoms with Crippen LogP contribution in [0, 0.1) is 19.7 Å². The van der Waals surface area contributed by atoms with Gasteiger partial charge in [0.15, 0.2) is 0 Å². The van der Waals surface area contributed by atoms with Crippen molar-refractivity contribution in [3.05, 3.63) is 53.3 Å². The number of nitrogens with two attached hydrogens (primary N) is 1. The molecule has 1 aromatic heterocycles. The number of nitrogens with zero attached hydrogens (tertiary/aromatic N) is 2. The summed E-state index contributed by atoms with van der Waals surface area (Å²) in [7, 11) is 0. The number of halogens is 1. The van der Waals surface area contributed by atoms with E-state index in [-0.39, 0.29) is 5.82 Å². The summed E-state index contributed by atoms with van der Waals surface area (Å²) in [4.78, 5) is 4.38. The molecule has 0 atom stereocenters. The van der Waals surface area contributed by atoms with Crippen LogP contribution in [0.5, 0.6) is 0 Å². The van der Waals surface area contributed by atoms with Crippen molar-refractivity contribution >= 4 is 5.69 Å². The fourth-order valence-electron chi connectivity index (χ4n) is 2.29. The topological polar surface area (TPSA) is 64.9 Å². The molecule has 2 aromatic carbocycles. The maximum Gasteiger partial charge on any atom is 0.260 e. The van der Waals surface area contributed by atoms with Crippen LogP contribution in [0.1, 0.15) is 11.1 Å². The molecular weight excluding hydrogens is 269 g/mol. The first-order valence-electron chi connectivity index (χ1n) is 6.52. The van der Waals surface area contributed by atoms with E-state index < -0.39 is 0 Å². The van der Waals surface area contributed by atoms with Gasteiger partial charge < -0.3 is 10.3 Å². The molecule has 0 bridgehead atoms. The van der Waals surface area contributed by atoms with Crippen LogP contribution in [0.4, 0.5) is 10.1 Å². The lowest BCUT2D eigenvalue weighted by molar-refractivity contribution is 0.432. The molecule has 0 saturated carbocycles. The summed E-state index contributed by atoms with van der Waals surface area (Å²) in [5.41, 5.74) is 9.73. The molecule has 0 amide bonds. The van der Waals surface area contributed by atoms with Gasteiger partial charge in [0.05, 0.1) is 5.56 Å². The van der Waals surface area contributed by atoms with Crippen molar-refractivity contribution in [2.24, 2.45) is 0 Å². The van der Waals surface area contributed by atoms with Crippen LogP contribution in [-0.4, -0.2) is 10.1 Å². The predicted octanol–water partition coefficient (Wildman–Crippen LogP) is 3.74. The van der Waals surface area contributed by atoms with E-state index in [9.17, 15) is 4.39 Å². The van der Waals surface area contributed by atoms with Crippen molar-refractivity contribution in [1.29, 1.82) is 0 Å². The quantitative estimate of drug-likeness (QED) is 0.727. The molecule has 3 rings (SSSR count). The van der Waals surface area contributed by atoms with Gasteiger partial charge in [-0.15, -0.1) is 0 Å². The molecule has 0 unspecified atom stereocenters. The van der Waals surface area contributed by atoms with Crippen LogP contribution in [0.25, 0.3) is 22.8 Å². The second kappa shape index (κ2) is 5.01. The molecular formula is C16H14FN3O. The minimum Gasteiger partial charge on any atom is -0.398 e. The van der Waals surface area contributed by atoms with E-state index in [2.05, 4.69) is 10.1 Å². The summed E-state index contributed by atoms with van der Waals surface area (Å²) in [6.07, 6.45) is 0. The molecule has 5 heteroatoms. The summed E-state index contributed by atoms with van der Waals surface area (Å²) in [6, 6.07) is 10.0. The van der Waals surface area contributed by atoms with E-state index in [0.29, 0.717) is 17.4 Å². The second-order valence-electron chi connectivity index (χ2n) is 4.92. The number of rotatable bonds is 2. The average Bonchev–Trinajstić information content (AvgIpc) is 2.87. The van der Waals surface area contributed by atoms with Crippen LogP contribution >= 0.6 is 0 Å². The van der Waals surface area contributed by atoms with Crippen molar-refractivity contribution in [2.45, 2.75) is 13.8 Å². The maximum absolute atomic E-state index is 13.2. The smallest absolute Gasteiger partial charge is 0.260 e. The minimum absolute atomic E-state index is 0.289. The molecule has 0 spiro atoms. The molecule has 0 aliphatic carbocycles. The number of nitrogen functional groups attached to an aromatic ring is 1. The fourth-order valence-corrected chi connectivity index (χ4v) is 2.29. The van der Waals surface area contributed by atoms with Gasteiger partial charge in [0, 0.05) is 11.3 Å². The van der Waals surface area contributed by atoms with E-state index >= 15 is 0 Å². The van der Waals surface area contributed by atoms with E-state index in [1.807, 2.05) is 19.1 Å². The zero-order valence-corrected chi connectivity index (χ0v) is 11.7. The normalized spacial score (nSPS) is 10.8. The number of aryl methyl sites for hydroxylation is 2. The van der Waals surface area contributed by atoms with Crippen molar-refractivity contribution in [3.63, 3.8) is 0 Å². The summed E-state index contributed by atoms with van der Waals surface area (Å²) >= 11 is 0. The van der Waals surface area contributed by atoms with Crippen molar-refractivity contribution < 1.29 is 8.91 Å². The summed E-state index contributed by atoms with van der Waals surface area (Å²) in [6.45, 7) is 3.73. The standard InChI is InChI=1S/C16H14FN3O/c1-9-4-3-5-13(18)14(9)16-19-15(20-21-16)12-7-6-11(17)8-10(12)2/h3-8H,18H2,1-2H3. The minimum atomic E-state index is -0.289. The molecule has 3 aromatic rings. The highest BCUT2D eigenvalue weighted by atomic mass is 19.1. The van der Waals surface area contributed by atoms with E-state index in [0.717, 1.165) is 22.3 Å². The lowest BCUT2D eigenvalue weighted by Crippen LogP contribution is -1.93. The molecule has 106 valence electrons. The highest BCUT2D eigenvalue weighted by molar-refractivity contribution is 5.74. The van der Waals surface area contributed by atoms with Crippen LogP contribution < -0.4 is 5.73 Å². The van der Waals surface area contributed by atoms with Crippen molar-refractivity contribution in [3.8, 4) is 22.8 Å². The third-order valence-corrected chi connectivity index (χ3v) is 3.37. The molecule has 2 N–H and O–H groups in total. The summed E-state index contributed by atoms with van der Waals surface area (Å²) in [5, 5.41) is 3.97. The molecule has 0 radical (unpaired) electrons. The number of hydrogen-bond donors (Lipinski definition) is 1. The van der Waals surface area contributed by atoms with Crippen LogP contribution in [-0.2, 0) is 0 Å². The first-order valence-corrected chi connectivity index (χ1v) is 6.52. The monoisotopic (exact) mass is 283 g/mol. The molecule has 4 nitrogen and oxygen atoms in total. The van der Waals surface area contributed by atoms with E-state index in [1.54, 1.807) is 19.1 Å². The van der Waals surface area contributed by atoms with Gasteiger partial charge in [-0.1, -0.05) is 17.3 Å². The Labute approximate surface area is 121 Å². The fraction of sp³-hybridized carbons (Fsp3) is 0.125. The number of hydrogen-bond acceptors (Lipinski definition) is 4. The number of aromatic nitrogens is 2.